The molecule has 0 aliphatic rings. The third kappa shape index (κ3) is 4.14. The Labute approximate surface area is 161 Å². The topological polar surface area (TPSA) is 76.2 Å². The number of pyridine rings is 1. The maximum Gasteiger partial charge on any atom is 0.185 e. The van der Waals surface area contributed by atoms with E-state index in [1.807, 2.05) is 12.1 Å². The van der Waals surface area contributed by atoms with Gasteiger partial charge in [-0.25, -0.2) is 14.4 Å². The van der Waals surface area contributed by atoms with Crippen LogP contribution in [-0.4, -0.2) is 29.3 Å². The highest BCUT2D eigenvalue weighted by atomic mass is 32.1. The lowest BCUT2D eigenvalue weighted by molar-refractivity contribution is 0.624. The van der Waals surface area contributed by atoms with Crippen molar-refractivity contribution >= 4 is 44.3 Å². The summed E-state index contributed by atoms with van der Waals surface area (Å²) in [4.78, 5) is 14.1. The fourth-order valence-electron chi connectivity index (χ4n) is 2.57. The predicted octanol–water partition coefficient (Wildman–Crippen LogP) is 4.57. The highest BCUT2D eigenvalue weighted by Crippen LogP contribution is 2.28. The lowest BCUT2D eigenvalue weighted by Crippen LogP contribution is -2.12. The number of allylic oxidation sites excluding steroid dienone is 1. The number of benzene rings is 1. The lowest BCUT2D eigenvalue weighted by Gasteiger charge is -2.09. The van der Waals surface area contributed by atoms with Gasteiger partial charge in [-0.05, 0) is 37.6 Å². The highest BCUT2D eigenvalue weighted by molar-refractivity contribution is 7.21. The number of aromatic nitrogens is 2. The number of hydrogen-bond acceptors (Lipinski definition) is 6. The van der Waals surface area contributed by atoms with Gasteiger partial charge in [0, 0.05) is 30.4 Å². The molecule has 0 aliphatic carbocycles. The molecular formula is C20H22FN5S. The maximum atomic E-state index is 14.2. The Morgan fingerprint density at radius 1 is 1.30 bits per heavy atom. The normalized spacial score (nSPS) is 13.8. The zero-order valence-corrected chi connectivity index (χ0v) is 16.3. The van der Waals surface area contributed by atoms with Gasteiger partial charge < -0.3 is 11.1 Å². The molecule has 0 aliphatic heterocycles. The number of anilines is 1. The summed E-state index contributed by atoms with van der Waals surface area (Å²) in [6, 6.07) is 10.5. The monoisotopic (exact) mass is 383 g/mol. The number of nitrogens with zero attached hydrogens (tertiary/aromatic N) is 3. The number of aliphatic imine (C=N–C) groups is 1. The van der Waals surface area contributed by atoms with E-state index in [4.69, 9.17) is 5.73 Å². The first kappa shape index (κ1) is 19.0. The number of fused-ring (bicyclic) bond motifs is 1. The Balaban J connectivity index is 2.07. The molecule has 0 unspecified atom stereocenters. The van der Waals surface area contributed by atoms with Gasteiger partial charge in [0.2, 0.25) is 0 Å². The van der Waals surface area contributed by atoms with Crippen molar-refractivity contribution in [3.8, 4) is 0 Å². The van der Waals surface area contributed by atoms with Crippen LogP contribution in [0.3, 0.4) is 0 Å². The largest absolute Gasteiger partial charge is 0.398 e. The minimum atomic E-state index is -0.379. The third-order valence-corrected chi connectivity index (χ3v) is 5.12. The number of hydrogen-bond donors (Lipinski definition) is 2. The molecule has 0 saturated carbocycles. The van der Waals surface area contributed by atoms with Crippen LogP contribution in [0.4, 0.5) is 9.52 Å². The summed E-state index contributed by atoms with van der Waals surface area (Å²) in [5.74, 6) is -0.379. The molecule has 3 rings (SSSR count). The molecule has 0 bridgehead atoms. The molecule has 0 spiro atoms. The Bertz CT molecular complexity index is 1010. The van der Waals surface area contributed by atoms with Gasteiger partial charge in [-0.2, -0.15) is 0 Å². The van der Waals surface area contributed by atoms with Crippen molar-refractivity contribution in [2.75, 3.05) is 12.4 Å². The quantitative estimate of drug-likeness (QED) is 0.612. The molecule has 1 atom stereocenters. The Kier molecular flexibility index (Phi) is 5.81. The minimum absolute atomic E-state index is 0.299. The van der Waals surface area contributed by atoms with Crippen molar-refractivity contribution < 1.29 is 4.39 Å². The molecule has 0 saturated heterocycles. The first-order chi connectivity index (χ1) is 13.0. The van der Waals surface area contributed by atoms with Crippen molar-refractivity contribution in [2.24, 2.45) is 10.7 Å². The predicted molar refractivity (Wildman–Crippen MR) is 113 cm³/mol. The fourth-order valence-corrected chi connectivity index (χ4v) is 3.52. The molecule has 1 aromatic carbocycles. The average molecular weight is 383 g/mol. The zero-order chi connectivity index (χ0) is 19.4. The van der Waals surface area contributed by atoms with Crippen LogP contribution in [0, 0.1) is 5.82 Å². The van der Waals surface area contributed by atoms with Gasteiger partial charge in [0.1, 0.15) is 16.2 Å². The summed E-state index contributed by atoms with van der Waals surface area (Å²) in [5, 5.41) is 4.20. The molecule has 27 heavy (non-hydrogen) atoms. The molecule has 0 fully saturated rings. The second-order valence-electron chi connectivity index (χ2n) is 6.19. The second-order valence-corrected chi connectivity index (χ2v) is 7.17. The van der Waals surface area contributed by atoms with Crippen molar-refractivity contribution in [2.45, 2.75) is 26.3 Å². The van der Waals surface area contributed by atoms with Crippen LogP contribution in [0.5, 0.6) is 0 Å². The number of halogens is 1. The van der Waals surface area contributed by atoms with Gasteiger partial charge in [0.25, 0.3) is 0 Å². The van der Waals surface area contributed by atoms with Gasteiger partial charge in [-0.1, -0.05) is 30.4 Å². The van der Waals surface area contributed by atoms with Gasteiger partial charge in [-0.15, -0.1) is 0 Å². The van der Waals surface area contributed by atoms with E-state index in [-0.39, 0.29) is 5.82 Å². The van der Waals surface area contributed by atoms with Crippen molar-refractivity contribution in [1.29, 1.82) is 0 Å². The van der Waals surface area contributed by atoms with E-state index in [1.54, 1.807) is 31.5 Å². The molecule has 0 amide bonds. The van der Waals surface area contributed by atoms with E-state index >= 15 is 0 Å². The van der Waals surface area contributed by atoms with E-state index in [0.717, 1.165) is 21.9 Å². The molecule has 140 valence electrons. The summed E-state index contributed by atoms with van der Waals surface area (Å²) in [6.07, 6.45) is 2.61. The van der Waals surface area contributed by atoms with Gasteiger partial charge in [-0.3, -0.25) is 4.99 Å². The fraction of sp³-hybridized carbons (Fsp3) is 0.250. The highest BCUT2D eigenvalue weighted by Gasteiger charge is 2.14. The Morgan fingerprint density at radius 2 is 2.07 bits per heavy atom. The number of thiazole rings is 1. The summed E-state index contributed by atoms with van der Waals surface area (Å²) < 4.78 is 14.2. The average Bonchev–Trinajstić information content (AvgIpc) is 3.07. The standard InChI is InChI=1S/C20H22FN5S/c1-4-12(2)24-20-26-17-10-9-16(25-19(17)27-20)14(11-23-3)18(22)13-7-5-6-8-15(13)21/h5-12H,4,22H2,1-3H3,(H,24,26)/t12-/m1/s1. The number of rotatable bonds is 6. The number of nitrogens with one attached hydrogen (secondary N) is 1. The smallest absolute Gasteiger partial charge is 0.185 e. The van der Waals surface area contributed by atoms with Crippen LogP contribution in [0.2, 0.25) is 0 Å². The molecule has 2 aromatic heterocycles. The molecule has 7 heteroatoms. The van der Waals surface area contributed by atoms with Crippen LogP contribution in [0.15, 0.2) is 41.4 Å². The molecule has 2 heterocycles. The first-order valence-corrected chi connectivity index (χ1v) is 9.56. The van der Waals surface area contributed by atoms with Gasteiger partial charge >= 0.3 is 0 Å². The van der Waals surface area contributed by atoms with Crippen LogP contribution in [0.1, 0.15) is 31.5 Å². The lowest BCUT2D eigenvalue weighted by atomic mass is 10.0. The minimum Gasteiger partial charge on any atom is -0.398 e. The zero-order valence-electron chi connectivity index (χ0n) is 15.5. The molecule has 3 aromatic rings. The van der Waals surface area contributed by atoms with Crippen LogP contribution < -0.4 is 11.1 Å². The van der Waals surface area contributed by atoms with E-state index in [1.165, 1.54) is 17.4 Å². The second kappa shape index (κ2) is 8.26. The van der Waals surface area contributed by atoms with E-state index in [9.17, 15) is 4.39 Å². The molecule has 3 N–H and O–H groups in total. The molecule has 5 nitrogen and oxygen atoms in total. The molecule has 0 radical (unpaired) electrons. The SMILES string of the molecule is CC[C@@H](C)Nc1nc2ccc(C(C=NC)=C(N)c3ccccc3F)nc2s1. The van der Waals surface area contributed by atoms with Crippen LogP contribution >= 0.6 is 11.3 Å². The van der Waals surface area contributed by atoms with Gasteiger partial charge in [0.15, 0.2) is 5.13 Å². The van der Waals surface area contributed by atoms with E-state index in [2.05, 4.69) is 34.1 Å². The Morgan fingerprint density at radius 3 is 2.78 bits per heavy atom. The van der Waals surface area contributed by atoms with Crippen molar-refractivity contribution in [1.82, 2.24) is 9.97 Å². The van der Waals surface area contributed by atoms with E-state index < -0.39 is 0 Å². The molecular weight excluding hydrogens is 361 g/mol. The summed E-state index contributed by atoms with van der Waals surface area (Å²) in [7, 11) is 1.65. The van der Waals surface area contributed by atoms with Crippen LogP contribution in [-0.2, 0) is 0 Å². The summed E-state index contributed by atoms with van der Waals surface area (Å²) in [5.41, 5.74) is 8.93. The maximum absolute atomic E-state index is 14.2. The van der Waals surface area contributed by atoms with Crippen LogP contribution in [0.25, 0.3) is 21.6 Å². The van der Waals surface area contributed by atoms with E-state index in [0.29, 0.717) is 28.6 Å². The summed E-state index contributed by atoms with van der Waals surface area (Å²) >= 11 is 1.49. The summed E-state index contributed by atoms with van der Waals surface area (Å²) in [6.45, 7) is 4.23. The third-order valence-electron chi connectivity index (χ3n) is 4.23. The van der Waals surface area contributed by atoms with Crippen molar-refractivity contribution in [3.05, 3.63) is 53.5 Å². The van der Waals surface area contributed by atoms with Crippen molar-refractivity contribution in [3.63, 3.8) is 0 Å². The van der Waals surface area contributed by atoms with Gasteiger partial charge in [0.05, 0.1) is 11.4 Å². The first-order valence-electron chi connectivity index (χ1n) is 8.74. The number of nitrogens with two attached hydrogens (primary N) is 1. The Hall–Kier alpha value is -2.80.